The van der Waals surface area contributed by atoms with Gasteiger partial charge in [0.15, 0.2) is 0 Å². The van der Waals surface area contributed by atoms with Crippen LogP contribution in [0, 0.1) is 6.92 Å². The average molecular weight is 400 g/mol. The maximum absolute atomic E-state index is 12.7. The summed E-state index contributed by atoms with van der Waals surface area (Å²) in [5.74, 6) is 1.59. The number of ether oxygens (including phenoxy) is 1. The van der Waals surface area contributed by atoms with E-state index in [1.165, 1.54) is 0 Å². The predicted octanol–water partition coefficient (Wildman–Crippen LogP) is 4.09. The van der Waals surface area contributed by atoms with E-state index in [1.54, 1.807) is 36.5 Å². The summed E-state index contributed by atoms with van der Waals surface area (Å²) in [7, 11) is 1.78. The Morgan fingerprint density at radius 2 is 1.97 bits per heavy atom. The number of hydrogen-bond donors (Lipinski definition) is 0. The van der Waals surface area contributed by atoms with E-state index in [2.05, 4.69) is 9.55 Å². The van der Waals surface area contributed by atoms with Crippen molar-refractivity contribution >= 4 is 16.9 Å². The lowest BCUT2D eigenvalue weighted by Gasteiger charge is -2.18. The normalized spacial score (nSPS) is 10.9. The lowest BCUT2D eigenvalue weighted by molar-refractivity contribution is 0.0779. The van der Waals surface area contributed by atoms with Crippen molar-refractivity contribution in [3.05, 3.63) is 90.0 Å². The second kappa shape index (κ2) is 8.78. The van der Waals surface area contributed by atoms with Gasteiger partial charge in [0.1, 0.15) is 18.2 Å². The van der Waals surface area contributed by atoms with E-state index in [9.17, 15) is 4.79 Å². The molecule has 152 valence electrons. The maximum Gasteiger partial charge on any atom is 0.255 e. The van der Waals surface area contributed by atoms with Crippen LogP contribution in [0.1, 0.15) is 21.7 Å². The molecule has 0 spiro atoms. The van der Waals surface area contributed by atoms with Gasteiger partial charge < -0.3 is 14.2 Å². The molecule has 0 saturated carbocycles. The third-order valence-electron chi connectivity index (χ3n) is 4.94. The Morgan fingerprint density at radius 3 is 2.77 bits per heavy atom. The van der Waals surface area contributed by atoms with Gasteiger partial charge >= 0.3 is 0 Å². The van der Waals surface area contributed by atoms with Gasteiger partial charge in [-0.1, -0.05) is 24.3 Å². The maximum atomic E-state index is 12.7. The van der Waals surface area contributed by atoms with Crippen LogP contribution < -0.4 is 4.74 Å². The molecule has 0 aliphatic heterocycles. The Labute approximate surface area is 175 Å². The molecule has 0 aliphatic carbocycles. The first-order chi connectivity index (χ1) is 14.6. The lowest BCUT2D eigenvalue weighted by atomic mass is 10.2. The SMILES string of the molecule is Cc1cccc(OCCn2c(CN(C)C(=O)c3cccnc3)nc3ccccc32)c1. The minimum absolute atomic E-state index is 0.0854. The molecule has 0 aliphatic rings. The predicted molar refractivity (Wildman–Crippen MR) is 116 cm³/mol. The molecule has 2 aromatic heterocycles. The van der Waals surface area contributed by atoms with Gasteiger partial charge in [-0.15, -0.1) is 0 Å². The summed E-state index contributed by atoms with van der Waals surface area (Å²) in [6.07, 6.45) is 3.24. The molecule has 0 radical (unpaired) electrons. The standard InChI is InChI=1S/C24H24N4O2/c1-18-7-5-9-20(15-18)30-14-13-28-22-11-4-3-10-21(22)26-23(28)17-27(2)24(29)19-8-6-12-25-16-19/h3-12,15-16H,13-14,17H2,1-2H3. The number of amides is 1. The molecule has 4 aromatic rings. The molecule has 0 saturated heterocycles. The zero-order valence-electron chi connectivity index (χ0n) is 17.2. The largest absolute Gasteiger partial charge is 0.492 e. The number of hydrogen-bond acceptors (Lipinski definition) is 4. The van der Waals surface area contributed by atoms with Crippen molar-refractivity contribution in [3.63, 3.8) is 0 Å². The van der Waals surface area contributed by atoms with E-state index in [-0.39, 0.29) is 5.91 Å². The monoisotopic (exact) mass is 400 g/mol. The molecular formula is C24H24N4O2. The fraction of sp³-hybridized carbons (Fsp3) is 0.208. The minimum Gasteiger partial charge on any atom is -0.492 e. The number of imidazole rings is 1. The third kappa shape index (κ3) is 4.33. The van der Waals surface area contributed by atoms with Crippen LogP contribution in [0.15, 0.2) is 73.1 Å². The Balaban J connectivity index is 1.53. The first kappa shape index (κ1) is 19.6. The van der Waals surface area contributed by atoms with Crippen LogP contribution in [-0.4, -0.2) is 39.0 Å². The number of carbonyl (C=O) groups is 1. The first-order valence-electron chi connectivity index (χ1n) is 9.91. The topological polar surface area (TPSA) is 60.2 Å². The number of rotatable bonds is 7. The van der Waals surface area contributed by atoms with Crippen molar-refractivity contribution in [2.24, 2.45) is 0 Å². The zero-order chi connectivity index (χ0) is 20.9. The van der Waals surface area contributed by atoms with E-state index >= 15 is 0 Å². The second-order valence-electron chi connectivity index (χ2n) is 7.24. The van der Waals surface area contributed by atoms with Crippen LogP contribution in [-0.2, 0) is 13.1 Å². The van der Waals surface area contributed by atoms with Gasteiger partial charge in [-0.3, -0.25) is 9.78 Å². The van der Waals surface area contributed by atoms with Crippen LogP contribution in [0.5, 0.6) is 5.75 Å². The molecule has 1 amide bonds. The fourth-order valence-corrected chi connectivity index (χ4v) is 3.45. The van der Waals surface area contributed by atoms with E-state index in [4.69, 9.17) is 9.72 Å². The molecule has 0 unspecified atom stereocenters. The smallest absolute Gasteiger partial charge is 0.255 e. The minimum atomic E-state index is -0.0854. The van der Waals surface area contributed by atoms with Crippen LogP contribution in [0.4, 0.5) is 0 Å². The van der Waals surface area contributed by atoms with E-state index < -0.39 is 0 Å². The molecular weight excluding hydrogens is 376 g/mol. The molecule has 4 rings (SSSR count). The van der Waals surface area contributed by atoms with Crippen LogP contribution in [0.2, 0.25) is 0 Å². The van der Waals surface area contributed by atoms with Gasteiger partial charge in [0.05, 0.1) is 29.7 Å². The van der Waals surface area contributed by atoms with Gasteiger partial charge in [0.25, 0.3) is 5.91 Å². The summed E-state index contributed by atoms with van der Waals surface area (Å²) in [6, 6.07) is 19.5. The molecule has 30 heavy (non-hydrogen) atoms. The highest BCUT2D eigenvalue weighted by molar-refractivity contribution is 5.93. The number of pyridine rings is 1. The summed E-state index contributed by atoms with van der Waals surface area (Å²) in [5.41, 5.74) is 3.66. The molecule has 2 heterocycles. The van der Waals surface area contributed by atoms with Crippen molar-refractivity contribution in [2.75, 3.05) is 13.7 Å². The first-order valence-corrected chi connectivity index (χ1v) is 9.91. The summed E-state index contributed by atoms with van der Waals surface area (Å²) in [6.45, 7) is 3.59. The summed E-state index contributed by atoms with van der Waals surface area (Å²) < 4.78 is 8.07. The molecule has 0 atom stereocenters. The summed E-state index contributed by atoms with van der Waals surface area (Å²) >= 11 is 0. The number of benzene rings is 2. The van der Waals surface area contributed by atoms with Crippen molar-refractivity contribution in [1.29, 1.82) is 0 Å². The van der Waals surface area contributed by atoms with Crippen molar-refractivity contribution in [2.45, 2.75) is 20.0 Å². The molecule has 6 nitrogen and oxygen atoms in total. The summed E-state index contributed by atoms with van der Waals surface area (Å²) in [4.78, 5) is 23.2. The van der Waals surface area contributed by atoms with Gasteiger partial charge in [0.2, 0.25) is 0 Å². The summed E-state index contributed by atoms with van der Waals surface area (Å²) in [5, 5.41) is 0. The highest BCUT2D eigenvalue weighted by Gasteiger charge is 2.17. The number of carbonyl (C=O) groups excluding carboxylic acids is 1. The van der Waals surface area contributed by atoms with E-state index in [1.807, 2.05) is 55.5 Å². The molecule has 0 fully saturated rings. The van der Waals surface area contributed by atoms with Crippen molar-refractivity contribution in [1.82, 2.24) is 19.4 Å². The Hall–Kier alpha value is -3.67. The van der Waals surface area contributed by atoms with Crippen molar-refractivity contribution < 1.29 is 9.53 Å². The highest BCUT2D eigenvalue weighted by atomic mass is 16.5. The Kier molecular flexibility index (Phi) is 5.75. The molecule has 0 N–H and O–H groups in total. The van der Waals surface area contributed by atoms with Crippen molar-refractivity contribution in [3.8, 4) is 5.75 Å². The van der Waals surface area contributed by atoms with Crippen LogP contribution >= 0.6 is 0 Å². The van der Waals surface area contributed by atoms with Gasteiger partial charge in [-0.25, -0.2) is 4.98 Å². The van der Waals surface area contributed by atoms with Crippen LogP contribution in [0.3, 0.4) is 0 Å². The second-order valence-corrected chi connectivity index (χ2v) is 7.24. The van der Waals surface area contributed by atoms with Gasteiger partial charge in [0, 0.05) is 19.4 Å². The van der Waals surface area contributed by atoms with E-state index in [0.29, 0.717) is 25.3 Å². The quantitative estimate of drug-likeness (QED) is 0.469. The van der Waals surface area contributed by atoms with Crippen LogP contribution in [0.25, 0.3) is 11.0 Å². The zero-order valence-corrected chi connectivity index (χ0v) is 17.2. The molecule has 0 bridgehead atoms. The Morgan fingerprint density at radius 1 is 1.10 bits per heavy atom. The van der Waals surface area contributed by atoms with Gasteiger partial charge in [-0.2, -0.15) is 0 Å². The van der Waals surface area contributed by atoms with Gasteiger partial charge in [-0.05, 0) is 48.9 Å². The lowest BCUT2D eigenvalue weighted by Crippen LogP contribution is -2.28. The highest BCUT2D eigenvalue weighted by Crippen LogP contribution is 2.19. The van der Waals surface area contributed by atoms with E-state index in [0.717, 1.165) is 28.2 Å². The number of para-hydroxylation sites is 2. The number of fused-ring (bicyclic) bond motifs is 1. The number of nitrogens with zero attached hydrogens (tertiary/aromatic N) is 4. The molecule has 2 aromatic carbocycles. The average Bonchev–Trinajstić information content (AvgIpc) is 3.11. The third-order valence-corrected chi connectivity index (χ3v) is 4.94. The Bertz CT molecular complexity index is 1150. The number of aromatic nitrogens is 3. The fourth-order valence-electron chi connectivity index (χ4n) is 3.45. The molecule has 6 heteroatoms. The number of aryl methyl sites for hydroxylation is 1.